The van der Waals surface area contributed by atoms with Crippen LogP contribution in [0, 0.1) is 0 Å². The van der Waals surface area contributed by atoms with E-state index >= 15 is 0 Å². The monoisotopic (exact) mass is 202 g/mol. The van der Waals surface area contributed by atoms with Gasteiger partial charge in [0.05, 0.1) is 0 Å². The number of hydrogen-bond acceptors (Lipinski definition) is 3. The number of rotatable bonds is 9. The first-order valence-electron chi connectivity index (χ1n) is 4.99. The van der Waals surface area contributed by atoms with Gasteiger partial charge in [-0.05, 0) is 31.4 Å². The van der Waals surface area contributed by atoms with Crippen LogP contribution in [0.1, 0.15) is 32.6 Å². The van der Waals surface area contributed by atoms with E-state index in [1.807, 2.05) is 17.8 Å². The zero-order chi connectivity index (χ0) is 9.94. The van der Waals surface area contributed by atoms with Crippen molar-refractivity contribution in [2.45, 2.75) is 38.6 Å². The minimum absolute atomic E-state index is 0.469. The molecule has 0 saturated heterocycles. The van der Waals surface area contributed by atoms with Gasteiger partial charge < -0.3 is 0 Å². The van der Waals surface area contributed by atoms with Gasteiger partial charge in [-0.2, -0.15) is 11.8 Å². The minimum atomic E-state index is 0.469. The third-order valence-electron chi connectivity index (χ3n) is 1.86. The van der Waals surface area contributed by atoms with Crippen LogP contribution in [0.4, 0.5) is 0 Å². The van der Waals surface area contributed by atoms with Crippen LogP contribution < -0.4 is 11.3 Å². The predicted octanol–water partition coefficient (Wildman–Crippen LogP) is 2.32. The fourth-order valence-corrected chi connectivity index (χ4v) is 2.10. The number of nitrogens with one attached hydrogen (secondary N) is 1. The number of hydrazine groups is 1. The largest absolute Gasteiger partial charge is 0.271 e. The molecule has 0 aliphatic carbocycles. The first-order valence-corrected chi connectivity index (χ1v) is 6.15. The van der Waals surface area contributed by atoms with Crippen molar-refractivity contribution in [3.8, 4) is 0 Å². The summed E-state index contributed by atoms with van der Waals surface area (Å²) in [5.41, 5.74) is 2.86. The van der Waals surface area contributed by atoms with Crippen LogP contribution in [0.2, 0.25) is 0 Å². The third-order valence-corrected chi connectivity index (χ3v) is 3.20. The Morgan fingerprint density at radius 2 is 2.38 bits per heavy atom. The SMILES string of the molecule is C=CCCCC(CSCCC)NN. The lowest BCUT2D eigenvalue weighted by atomic mass is 10.1. The zero-order valence-electron chi connectivity index (χ0n) is 8.59. The Kier molecular flexibility index (Phi) is 10.1. The summed E-state index contributed by atoms with van der Waals surface area (Å²) >= 11 is 1.98. The summed E-state index contributed by atoms with van der Waals surface area (Å²) < 4.78 is 0. The fourth-order valence-electron chi connectivity index (χ4n) is 1.09. The van der Waals surface area contributed by atoms with Crippen molar-refractivity contribution in [1.82, 2.24) is 5.43 Å². The number of unbranched alkanes of at least 4 members (excludes halogenated alkanes) is 1. The molecule has 0 rings (SSSR count). The molecule has 0 amide bonds. The maximum atomic E-state index is 5.45. The quantitative estimate of drug-likeness (QED) is 0.261. The van der Waals surface area contributed by atoms with Crippen LogP contribution in [0.25, 0.3) is 0 Å². The number of hydrogen-bond donors (Lipinski definition) is 2. The Morgan fingerprint density at radius 3 is 2.92 bits per heavy atom. The smallest absolute Gasteiger partial charge is 0.0301 e. The van der Waals surface area contributed by atoms with E-state index in [-0.39, 0.29) is 0 Å². The Bertz CT molecular complexity index is 117. The van der Waals surface area contributed by atoms with E-state index in [0.29, 0.717) is 6.04 Å². The Hall–Kier alpha value is 0.01000. The molecule has 0 heterocycles. The van der Waals surface area contributed by atoms with Gasteiger partial charge in [0.2, 0.25) is 0 Å². The van der Waals surface area contributed by atoms with Crippen molar-refractivity contribution in [3.05, 3.63) is 12.7 Å². The Balaban J connectivity index is 3.33. The molecule has 78 valence electrons. The highest BCUT2D eigenvalue weighted by molar-refractivity contribution is 7.99. The van der Waals surface area contributed by atoms with Crippen molar-refractivity contribution >= 4 is 11.8 Å². The molecule has 0 aromatic rings. The number of thioether (sulfide) groups is 1. The first kappa shape index (κ1) is 13.0. The molecule has 0 fully saturated rings. The standard InChI is InChI=1S/C10H22N2S/c1-3-5-6-7-10(12-11)9-13-8-4-2/h3,10,12H,1,4-9,11H2,2H3. The van der Waals surface area contributed by atoms with Crippen molar-refractivity contribution in [2.24, 2.45) is 5.84 Å². The van der Waals surface area contributed by atoms with Crippen LogP contribution in [-0.2, 0) is 0 Å². The van der Waals surface area contributed by atoms with Gasteiger partial charge in [-0.25, -0.2) is 0 Å². The second-order valence-electron chi connectivity index (χ2n) is 3.16. The molecule has 0 spiro atoms. The average Bonchev–Trinajstić information content (AvgIpc) is 2.16. The Labute approximate surface area is 86.3 Å². The van der Waals surface area contributed by atoms with Gasteiger partial charge >= 0.3 is 0 Å². The van der Waals surface area contributed by atoms with E-state index in [1.54, 1.807) is 0 Å². The van der Waals surface area contributed by atoms with Gasteiger partial charge in [-0.3, -0.25) is 11.3 Å². The van der Waals surface area contributed by atoms with E-state index in [2.05, 4.69) is 18.9 Å². The Morgan fingerprint density at radius 1 is 1.62 bits per heavy atom. The highest BCUT2D eigenvalue weighted by atomic mass is 32.2. The zero-order valence-corrected chi connectivity index (χ0v) is 9.41. The van der Waals surface area contributed by atoms with Gasteiger partial charge in [0.15, 0.2) is 0 Å². The molecule has 0 aromatic carbocycles. The second kappa shape index (κ2) is 10.1. The number of nitrogens with two attached hydrogens (primary N) is 1. The van der Waals surface area contributed by atoms with Gasteiger partial charge in [0.25, 0.3) is 0 Å². The highest BCUT2D eigenvalue weighted by Gasteiger charge is 2.04. The average molecular weight is 202 g/mol. The summed E-state index contributed by atoms with van der Waals surface area (Å²) in [4.78, 5) is 0. The molecule has 0 aromatic heterocycles. The van der Waals surface area contributed by atoms with Crippen LogP contribution in [0.3, 0.4) is 0 Å². The molecule has 1 atom stereocenters. The highest BCUT2D eigenvalue weighted by Crippen LogP contribution is 2.09. The minimum Gasteiger partial charge on any atom is -0.271 e. The second-order valence-corrected chi connectivity index (χ2v) is 4.31. The lowest BCUT2D eigenvalue weighted by Crippen LogP contribution is -2.37. The molecular weight excluding hydrogens is 180 g/mol. The molecule has 2 nitrogen and oxygen atoms in total. The summed E-state index contributed by atoms with van der Waals surface area (Å²) in [5.74, 6) is 7.81. The van der Waals surface area contributed by atoms with Crippen LogP contribution in [-0.4, -0.2) is 17.5 Å². The van der Waals surface area contributed by atoms with Crippen LogP contribution in [0.15, 0.2) is 12.7 Å². The normalized spacial score (nSPS) is 12.8. The van der Waals surface area contributed by atoms with Crippen molar-refractivity contribution < 1.29 is 0 Å². The van der Waals surface area contributed by atoms with Gasteiger partial charge in [-0.15, -0.1) is 6.58 Å². The molecule has 1 unspecified atom stereocenters. The summed E-state index contributed by atoms with van der Waals surface area (Å²) in [5, 5.41) is 0. The maximum Gasteiger partial charge on any atom is 0.0301 e. The lowest BCUT2D eigenvalue weighted by molar-refractivity contribution is 0.522. The van der Waals surface area contributed by atoms with Crippen LogP contribution in [0.5, 0.6) is 0 Å². The third kappa shape index (κ3) is 8.34. The molecule has 3 N–H and O–H groups in total. The fraction of sp³-hybridized carbons (Fsp3) is 0.800. The molecule has 13 heavy (non-hydrogen) atoms. The van der Waals surface area contributed by atoms with E-state index in [9.17, 15) is 0 Å². The molecule has 0 aliphatic heterocycles. The summed E-state index contributed by atoms with van der Waals surface area (Å²) in [6.45, 7) is 5.91. The summed E-state index contributed by atoms with van der Waals surface area (Å²) in [6, 6.07) is 0.469. The van der Waals surface area contributed by atoms with E-state index in [1.165, 1.54) is 18.6 Å². The van der Waals surface area contributed by atoms with Gasteiger partial charge in [0, 0.05) is 11.8 Å². The van der Waals surface area contributed by atoms with E-state index < -0.39 is 0 Å². The maximum absolute atomic E-state index is 5.45. The first-order chi connectivity index (χ1) is 6.35. The topological polar surface area (TPSA) is 38.0 Å². The molecule has 3 heteroatoms. The molecule has 0 radical (unpaired) electrons. The number of allylic oxidation sites excluding steroid dienone is 1. The van der Waals surface area contributed by atoms with Crippen LogP contribution >= 0.6 is 11.8 Å². The van der Waals surface area contributed by atoms with Gasteiger partial charge in [-0.1, -0.05) is 13.0 Å². The molecule has 0 saturated carbocycles. The molecular formula is C10H22N2S. The summed E-state index contributed by atoms with van der Waals surface area (Å²) in [7, 11) is 0. The predicted molar refractivity (Wildman–Crippen MR) is 62.8 cm³/mol. The van der Waals surface area contributed by atoms with Crippen molar-refractivity contribution in [3.63, 3.8) is 0 Å². The van der Waals surface area contributed by atoms with Gasteiger partial charge in [0.1, 0.15) is 0 Å². The summed E-state index contributed by atoms with van der Waals surface area (Å²) in [6.07, 6.45) is 6.64. The van der Waals surface area contributed by atoms with Crippen molar-refractivity contribution in [1.29, 1.82) is 0 Å². The van der Waals surface area contributed by atoms with E-state index in [0.717, 1.165) is 18.6 Å². The molecule has 0 bridgehead atoms. The molecule has 0 aliphatic rings. The lowest BCUT2D eigenvalue weighted by Gasteiger charge is -2.14. The van der Waals surface area contributed by atoms with Crippen molar-refractivity contribution in [2.75, 3.05) is 11.5 Å². The van der Waals surface area contributed by atoms with E-state index in [4.69, 9.17) is 5.84 Å².